The van der Waals surface area contributed by atoms with Gasteiger partial charge in [0.05, 0.1) is 5.71 Å². The Morgan fingerprint density at radius 2 is 1.97 bits per heavy atom. The van der Waals surface area contributed by atoms with Crippen molar-refractivity contribution < 1.29 is 14.0 Å². The number of rotatable bonds is 2. The molecule has 0 spiro atoms. The Morgan fingerprint density at radius 3 is 2.73 bits per heavy atom. The minimum Gasteiger partial charge on any atom is -0.411 e. The van der Waals surface area contributed by atoms with Gasteiger partial charge in [0.25, 0.3) is 6.43 Å². The van der Waals surface area contributed by atoms with E-state index in [1.807, 2.05) is 0 Å². The molecule has 0 amide bonds. The molecule has 0 bridgehead atoms. The second kappa shape index (κ2) is 6.86. The van der Waals surface area contributed by atoms with Crippen LogP contribution in [0, 0.1) is 22.7 Å². The number of alkyl halides is 2. The number of aromatic nitrogens is 1. The molecule has 4 aliphatic rings. The number of hydrogen-bond acceptors (Lipinski definition) is 3. The second-order valence-corrected chi connectivity index (χ2v) is 9.81. The van der Waals surface area contributed by atoms with Gasteiger partial charge in [-0.3, -0.25) is 4.98 Å². The van der Waals surface area contributed by atoms with Crippen molar-refractivity contribution >= 4 is 11.3 Å². The fourth-order valence-corrected chi connectivity index (χ4v) is 6.79. The van der Waals surface area contributed by atoms with Gasteiger partial charge in [0.15, 0.2) is 0 Å². The Bertz CT molecular complexity index is 1010. The van der Waals surface area contributed by atoms with E-state index in [4.69, 9.17) is 0 Å². The minimum atomic E-state index is -2.50. The quantitative estimate of drug-likeness (QED) is 0.434. The standard InChI is InChI=1S/C25H28F2N2O/c1-24-9-7-18(29-30)12-17(24)3-4-19-21-6-5-20(25(21,2)10-8-22(19)24)15-11-16(23(26)27)14-28-13-15/h5-6,11-14,19,22-23,30H,3-4,7-10H2,1-2H3/b29-18+/t19-,22-,24-,25+/m0/s1. The molecule has 158 valence electrons. The van der Waals surface area contributed by atoms with Crippen molar-refractivity contribution in [1.29, 1.82) is 0 Å². The van der Waals surface area contributed by atoms with E-state index in [0.717, 1.165) is 55.4 Å². The van der Waals surface area contributed by atoms with Gasteiger partial charge in [0.1, 0.15) is 0 Å². The first kappa shape index (κ1) is 19.7. The van der Waals surface area contributed by atoms with Crippen molar-refractivity contribution in [3.05, 3.63) is 59.0 Å². The number of nitrogens with zero attached hydrogens (tertiary/aromatic N) is 2. The zero-order valence-corrected chi connectivity index (χ0v) is 17.5. The second-order valence-electron chi connectivity index (χ2n) is 9.81. The van der Waals surface area contributed by atoms with Crippen molar-refractivity contribution in [2.24, 2.45) is 27.8 Å². The Labute approximate surface area is 176 Å². The van der Waals surface area contributed by atoms with E-state index in [1.54, 1.807) is 12.3 Å². The largest absolute Gasteiger partial charge is 0.411 e. The van der Waals surface area contributed by atoms with E-state index < -0.39 is 6.43 Å². The highest BCUT2D eigenvalue weighted by atomic mass is 19.3. The summed E-state index contributed by atoms with van der Waals surface area (Å²) in [7, 11) is 0. The maximum absolute atomic E-state index is 13.2. The van der Waals surface area contributed by atoms with E-state index in [9.17, 15) is 14.0 Å². The van der Waals surface area contributed by atoms with Crippen LogP contribution in [0.3, 0.4) is 0 Å². The van der Waals surface area contributed by atoms with Gasteiger partial charge in [-0.05, 0) is 79.1 Å². The zero-order chi connectivity index (χ0) is 21.1. The normalized spacial score (nSPS) is 36.6. The lowest BCUT2D eigenvalue weighted by Gasteiger charge is -2.56. The van der Waals surface area contributed by atoms with E-state index in [0.29, 0.717) is 11.8 Å². The van der Waals surface area contributed by atoms with Crippen LogP contribution in [0.15, 0.2) is 53.0 Å². The summed E-state index contributed by atoms with van der Waals surface area (Å²) in [4.78, 5) is 4.10. The fraction of sp³-hybridized carbons (Fsp3) is 0.520. The Hall–Kier alpha value is -2.30. The highest BCUT2D eigenvalue weighted by Crippen LogP contribution is 2.65. The molecule has 0 unspecified atom stereocenters. The molecule has 1 aromatic heterocycles. The summed E-state index contributed by atoms with van der Waals surface area (Å²) in [6, 6.07) is 1.61. The minimum absolute atomic E-state index is 0.0114. The molecule has 30 heavy (non-hydrogen) atoms. The molecular weight excluding hydrogens is 382 g/mol. The van der Waals surface area contributed by atoms with Crippen molar-refractivity contribution in [1.82, 2.24) is 4.98 Å². The Balaban J connectivity index is 1.46. The monoisotopic (exact) mass is 410 g/mol. The van der Waals surface area contributed by atoms with Crippen molar-refractivity contribution in [2.45, 2.75) is 58.8 Å². The molecule has 1 N–H and O–H groups in total. The molecule has 2 fully saturated rings. The molecule has 1 aromatic rings. The smallest absolute Gasteiger partial charge is 0.265 e. The SMILES string of the molecule is C[C@]12CC[C@H]3[C@@H](CCC4=C/C(=N/O)CC[C@@]43C)C1=CC=C2c1cncc(C(F)F)c1. The molecule has 5 rings (SSSR count). The van der Waals surface area contributed by atoms with Crippen molar-refractivity contribution in [2.75, 3.05) is 0 Å². The summed E-state index contributed by atoms with van der Waals surface area (Å²) in [5.41, 5.74) is 5.71. The molecule has 2 saturated carbocycles. The molecule has 3 nitrogen and oxygen atoms in total. The molecule has 4 atom stereocenters. The summed E-state index contributed by atoms with van der Waals surface area (Å²) in [5, 5.41) is 12.7. The average molecular weight is 411 g/mol. The van der Waals surface area contributed by atoms with Crippen LogP contribution in [0.4, 0.5) is 8.78 Å². The summed E-state index contributed by atoms with van der Waals surface area (Å²) in [5.74, 6) is 1.09. The van der Waals surface area contributed by atoms with E-state index in [-0.39, 0.29) is 16.4 Å². The van der Waals surface area contributed by atoms with E-state index in [1.165, 1.54) is 17.3 Å². The van der Waals surface area contributed by atoms with Gasteiger partial charge in [-0.1, -0.05) is 42.3 Å². The lowest BCUT2D eigenvalue weighted by molar-refractivity contribution is 0.0716. The van der Waals surface area contributed by atoms with Crippen LogP contribution in [0.25, 0.3) is 5.57 Å². The molecule has 1 heterocycles. The van der Waals surface area contributed by atoms with Crippen molar-refractivity contribution in [3.8, 4) is 0 Å². The van der Waals surface area contributed by atoms with E-state index in [2.05, 4.69) is 42.2 Å². The highest BCUT2D eigenvalue weighted by molar-refractivity contribution is 5.96. The highest BCUT2D eigenvalue weighted by Gasteiger charge is 2.54. The molecule has 0 aliphatic heterocycles. The van der Waals surface area contributed by atoms with Crippen LogP contribution in [0.1, 0.15) is 69.9 Å². The Kier molecular flexibility index (Phi) is 4.49. The molecule has 0 aromatic carbocycles. The lowest BCUT2D eigenvalue weighted by Crippen LogP contribution is -2.47. The number of pyridine rings is 1. The summed E-state index contributed by atoms with van der Waals surface area (Å²) < 4.78 is 26.5. The maximum Gasteiger partial charge on any atom is 0.265 e. The number of halogens is 2. The predicted octanol–water partition coefficient (Wildman–Crippen LogP) is 6.73. The molecule has 0 saturated heterocycles. The third-order valence-electron chi connectivity index (χ3n) is 8.47. The number of hydrogen-bond donors (Lipinski definition) is 1. The first-order valence-electron chi connectivity index (χ1n) is 10.9. The van der Waals surface area contributed by atoms with Crippen LogP contribution >= 0.6 is 0 Å². The zero-order valence-electron chi connectivity index (χ0n) is 17.5. The van der Waals surface area contributed by atoms with Crippen LogP contribution < -0.4 is 0 Å². The summed E-state index contributed by atoms with van der Waals surface area (Å²) >= 11 is 0. The van der Waals surface area contributed by atoms with Gasteiger partial charge in [-0.15, -0.1) is 0 Å². The topological polar surface area (TPSA) is 45.5 Å². The van der Waals surface area contributed by atoms with E-state index >= 15 is 0 Å². The summed E-state index contributed by atoms with van der Waals surface area (Å²) in [6.07, 6.45) is 13.2. The predicted molar refractivity (Wildman–Crippen MR) is 113 cm³/mol. The van der Waals surface area contributed by atoms with Gasteiger partial charge in [-0.25, -0.2) is 8.78 Å². The lowest BCUT2D eigenvalue weighted by atomic mass is 9.48. The first-order chi connectivity index (χ1) is 14.4. The summed E-state index contributed by atoms with van der Waals surface area (Å²) in [6.45, 7) is 4.68. The molecular formula is C25H28F2N2O. The fourth-order valence-electron chi connectivity index (χ4n) is 6.79. The van der Waals surface area contributed by atoms with Gasteiger partial charge >= 0.3 is 0 Å². The Morgan fingerprint density at radius 1 is 1.13 bits per heavy atom. The number of oxime groups is 1. The molecule has 5 heteroatoms. The molecule has 4 aliphatic carbocycles. The van der Waals surface area contributed by atoms with Gasteiger partial charge in [0.2, 0.25) is 0 Å². The third-order valence-corrected chi connectivity index (χ3v) is 8.47. The van der Waals surface area contributed by atoms with Crippen LogP contribution in [0.2, 0.25) is 0 Å². The van der Waals surface area contributed by atoms with Gasteiger partial charge < -0.3 is 5.21 Å². The first-order valence-corrected chi connectivity index (χ1v) is 10.9. The molecule has 0 radical (unpaired) electrons. The van der Waals surface area contributed by atoms with Crippen LogP contribution in [-0.4, -0.2) is 15.9 Å². The number of allylic oxidation sites excluding steroid dienone is 6. The van der Waals surface area contributed by atoms with Crippen molar-refractivity contribution in [3.63, 3.8) is 0 Å². The maximum atomic E-state index is 13.2. The number of fused-ring (bicyclic) bond motifs is 5. The van der Waals surface area contributed by atoms with Gasteiger partial charge in [0, 0.05) is 23.4 Å². The third kappa shape index (κ3) is 2.74. The average Bonchev–Trinajstić information content (AvgIpc) is 3.10. The van der Waals surface area contributed by atoms with Crippen LogP contribution in [0.5, 0.6) is 0 Å². The van der Waals surface area contributed by atoms with Gasteiger partial charge in [-0.2, -0.15) is 0 Å². The van der Waals surface area contributed by atoms with Crippen LogP contribution in [-0.2, 0) is 0 Å².